The third-order valence-corrected chi connectivity index (χ3v) is 5.62. The Kier molecular flexibility index (Phi) is 5.76. The molecule has 0 radical (unpaired) electrons. The molecule has 6 heteroatoms. The molecule has 0 fully saturated rings. The summed E-state index contributed by atoms with van der Waals surface area (Å²) in [5.74, 6) is 0.497. The number of amides is 1. The molecule has 0 saturated heterocycles. The van der Waals surface area contributed by atoms with Crippen LogP contribution in [0.15, 0.2) is 58.6 Å². The molecule has 0 bridgehead atoms. The highest BCUT2D eigenvalue weighted by molar-refractivity contribution is 7.10. The smallest absolute Gasteiger partial charge is 0.251 e. The number of thiophene rings is 2. The van der Waals surface area contributed by atoms with Gasteiger partial charge in [0, 0.05) is 16.0 Å². The lowest BCUT2D eigenvalue weighted by Gasteiger charge is -2.27. The van der Waals surface area contributed by atoms with Crippen molar-refractivity contribution in [3.05, 3.63) is 74.6 Å². The molecule has 3 aromatic rings. The minimum Gasteiger partial charge on any atom is -0.491 e. The van der Waals surface area contributed by atoms with Crippen molar-refractivity contribution in [2.24, 2.45) is 0 Å². The van der Waals surface area contributed by atoms with Gasteiger partial charge in [-0.25, -0.2) is 0 Å². The quantitative estimate of drug-likeness (QED) is 0.637. The van der Waals surface area contributed by atoms with Gasteiger partial charge in [-0.3, -0.25) is 4.79 Å². The summed E-state index contributed by atoms with van der Waals surface area (Å²) in [6, 6.07) is 12.7. The fraction of sp³-hybridized carbons (Fsp3) is 0.250. The van der Waals surface area contributed by atoms with Crippen molar-refractivity contribution in [1.29, 1.82) is 0 Å². The largest absolute Gasteiger partial charge is 0.491 e. The van der Waals surface area contributed by atoms with Gasteiger partial charge in [-0.2, -0.15) is 11.3 Å². The fourth-order valence-corrected chi connectivity index (χ4v) is 4.18. The van der Waals surface area contributed by atoms with E-state index in [-0.39, 0.29) is 18.6 Å². The third-order valence-electron chi connectivity index (χ3n) is 3.92. The van der Waals surface area contributed by atoms with Gasteiger partial charge in [-0.05, 0) is 66.4 Å². The summed E-state index contributed by atoms with van der Waals surface area (Å²) in [7, 11) is 0. The number of benzene rings is 1. The lowest BCUT2D eigenvalue weighted by atomic mass is 9.94. The molecule has 0 spiro atoms. The van der Waals surface area contributed by atoms with Crippen molar-refractivity contribution < 1.29 is 14.6 Å². The van der Waals surface area contributed by atoms with Crippen LogP contribution in [0.4, 0.5) is 0 Å². The van der Waals surface area contributed by atoms with Gasteiger partial charge in [0.2, 0.25) is 0 Å². The first kappa shape index (κ1) is 18.6. The maximum absolute atomic E-state index is 12.5. The predicted molar refractivity (Wildman–Crippen MR) is 106 cm³/mol. The Morgan fingerprint density at radius 1 is 1.19 bits per heavy atom. The molecule has 0 unspecified atom stereocenters. The summed E-state index contributed by atoms with van der Waals surface area (Å²) >= 11 is 2.99. The maximum atomic E-state index is 12.5. The van der Waals surface area contributed by atoms with Crippen molar-refractivity contribution in [3.8, 4) is 5.75 Å². The Labute approximate surface area is 161 Å². The van der Waals surface area contributed by atoms with Crippen LogP contribution in [0.2, 0.25) is 0 Å². The minimum atomic E-state index is -1.23. The Balaban J connectivity index is 1.72. The summed E-state index contributed by atoms with van der Waals surface area (Å²) in [5.41, 5.74) is 0.0794. The number of hydrogen-bond donors (Lipinski definition) is 2. The average molecular weight is 388 g/mol. The average Bonchev–Trinajstić information content (AvgIpc) is 3.33. The first-order chi connectivity index (χ1) is 12.5. The zero-order valence-corrected chi connectivity index (χ0v) is 16.3. The number of rotatable bonds is 7. The van der Waals surface area contributed by atoms with Crippen LogP contribution in [0, 0.1) is 0 Å². The number of aliphatic hydroxyl groups is 1. The SMILES string of the molecule is CC(C)Oc1ccc(C(=O)NC[C@@](O)(c2ccsc2)c2cccs2)cc1. The molecule has 2 heterocycles. The van der Waals surface area contributed by atoms with Gasteiger partial charge in [0.15, 0.2) is 0 Å². The monoisotopic (exact) mass is 387 g/mol. The van der Waals surface area contributed by atoms with Gasteiger partial charge in [0.1, 0.15) is 11.4 Å². The van der Waals surface area contributed by atoms with Gasteiger partial charge in [0.05, 0.1) is 12.6 Å². The van der Waals surface area contributed by atoms with Crippen LogP contribution in [0.3, 0.4) is 0 Å². The van der Waals surface area contributed by atoms with Gasteiger partial charge >= 0.3 is 0 Å². The van der Waals surface area contributed by atoms with Crippen LogP contribution < -0.4 is 10.1 Å². The number of carbonyl (C=O) groups excluding carboxylic acids is 1. The van der Waals surface area contributed by atoms with E-state index < -0.39 is 5.60 Å². The Bertz CT molecular complexity index is 790. The van der Waals surface area contributed by atoms with Crippen LogP contribution in [-0.4, -0.2) is 23.7 Å². The molecular formula is C20H21NO3S2. The van der Waals surface area contributed by atoms with E-state index in [1.807, 2.05) is 48.2 Å². The normalized spacial score (nSPS) is 13.4. The van der Waals surface area contributed by atoms with E-state index in [1.165, 1.54) is 22.7 Å². The minimum absolute atomic E-state index is 0.0843. The highest BCUT2D eigenvalue weighted by atomic mass is 32.1. The van der Waals surface area contributed by atoms with Crippen molar-refractivity contribution in [2.75, 3.05) is 6.54 Å². The first-order valence-corrected chi connectivity index (χ1v) is 10.2. The molecule has 1 aromatic carbocycles. The fourth-order valence-electron chi connectivity index (χ4n) is 2.61. The Morgan fingerprint density at radius 3 is 2.54 bits per heavy atom. The molecule has 4 nitrogen and oxygen atoms in total. The van der Waals surface area contributed by atoms with E-state index in [0.717, 1.165) is 16.2 Å². The summed E-state index contributed by atoms with van der Waals surface area (Å²) in [6.07, 6.45) is 0.0843. The second-order valence-corrected chi connectivity index (χ2v) is 7.95. The molecule has 1 atom stereocenters. The second-order valence-electron chi connectivity index (χ2n) is 6.22. The standard InChI is InChI=1S/C20H21NO3S2/c1-14(2)24-17-7-5-15(6-8-17)19(22)21-13-20(23,16-9-11-25-12-16)18-4-3-10-26-18/h3-12,14,23H,13H2,1-2H3,(H,21,22)/t20-/m1/s1. The van der Waals surface area contributed by atoms with E-state index in [0.29, 0.717) is 5.56 Å². The molecule has 0 aliphatic heterocycles. The van der Waals surface area contributed by atoms with Gasteiger partial charge < -0.3 is 15.2 Å². The molecule has 2 aromatic heterocycles. The number of ether oxygens (including phenoxy) is 1. The molecule has 0 saturated carbocycles. The summed E-state index contributed by atoms with van der Waals surface area (Å²) in [4.78, 5) is 13.3. The van der Waals surface area contributed by atoms with Gasteiger partial charge in [0.25, 0.3) is 5.91 Å². The molecule has 3 rings (SSSR count). The summed E-state index contributed by atoms with van der Waals surface area (Å²) in [5, 5.41) is 19.9. The molecule has 1 amide bonds. The van der Waals surface area contributed by atoms with Crippen molar-refractivity contribution >= 4 is 28.6 Å². The molecule has 0 aliphatic carbocycles. The highest BCUT2D eigenvalue weighted by Crippen LogP contribution is 2.33. The lowest BCUT2D eigenvalue weighted by Crippen LogP contribution is -2.40. The zero-order chi connectivity index (χ0) is 18.6. The van der Waals surface area contributed by atoms with Crippen molar-refractivity contribution in [2.45, 2.75) is 25.6 Å². The van der Waals surface area contributed by atoms with Crippen LogP contribution >= 0.6 is 22.7 Å². The maximum Gasteiger partial charge on any atom is 0.251 e. The molecule has 136 valence electrons. The topological polar surface area (TPSA) is 58.6 Å². The second kappa shape index (κ2) is 8.03. The van der Waals surface area contributed by atoms with E-state index in [4.69, 9.17) is 4.74 Å². The van der Waals surface area contributed by atoms with Gasteiger partial charge in [-0.15, -0.1) is 11.3 Å². The van der Waals surface area contributed by atoms with Crippen LogP contribution in [0.5, 0.6) is 5.75 Å². The third kappa shape index (κ3) is 4.15. The summed E-state index contributed by atoms with van der Waals surface area (Å²) in [6.45, 7) is 4.01. The predicted octanol–water partition coefficient (Wildman–Crippen LogP) is 4.26. The summed E-state index contributed by atoms with van der Waals surface area (Å²) < 4.78 is 5.59. The van der Waals surface area contributed by atoms with Crippen molar-refractivity contribution in [1.82, 2.24) is 5.32 Å². The lowest BCUT2D eigenvalue weighted by molar-refractivity contribution is 0.0721. The van der Waals surface area contributed by atoms with Crippen LogP contribution in [0.1, 0.15) is 34.6 Å². The van der Waals surface area contributed by atoms with E-state index in [9.17, 15) is 9.90 Å². The Hall–Kier alpha value is -2.15. The zero-order valence-electron chi connectivity index (χ0n) is 14.6. The van der Waals surface area contributed by atoms with Crippen LogP contribution in [-0.2, 0) is 5.60 Å². The first-order valence-electron chi connectivity index (χ1n) is 8.33. The molecule has 0 aliphatic rings. The number of carbonyl (C=O) groups is 1. The highest BCUT2D eigenvalue weighted by Gasteiger charge is 2.33. The molecule has 2 N–H and O–H groups in total. The van der Waals surface area contributed by atoms with E-state index in [2.05, 4.69) is 5.32 Å². The number of nitrogens with one attached hydrogen (secondary N) is 1. The van der Waals surface area contributed by atoms with Crippen LogP contribution in [0.25, 0.3) is 0 Å². The Morgan fingerprint density at radius 2 is 1.96 bits per heavy atom. The molecule has 26 heavy (non-hydrogen) atoms. The van der Waals surface area contributed by atoms with Crippen molar-refractivity contribution in [3.63, 3.8) is 0 Å². The van der Waals surface area contributed by atoms with E-state index >= 15 is 0 Å². The van der Waals surface area contributed by atoms with E-state index in [1.54, 1.807) is 24.3 Å². The number of hydrogen-bond acceptors (Lipinski definition) is 5. The van der Waals surface area contributed by atoms with Gasteiger partial charge in [-0.1, -0.05) is 6.07 Å². The molecular weight excluding hydrogens is 366 g/mol.